The lowest BCUT2D eigenvalue weighted by Gasteiger charge is -2.14. The number of hydrogen-bond donors (Lipinski definition) is 1. The maximum Gasteiger partial charge on any atom is 0.00539 e. The van der Waals surface area contributed by atoms with Crippen molar-refractivity contribution in [3.8, 4) is 0 Å². The van der Waals surface area contributed by atoms with Gasteiger partial charge in [-0.15, -0.1) is 0 Å². The first-order chi connectivity index (χ1) is 4.22. The molecule has 0 amide bonds. The number of allylic oxidation sites excluding steroid dienone is 2. The lowest BCUT2D eigenvalue weighted by molar-refractivity contribution is 0.601. The van der Waals surface area contributed by atoms with Crippen molar-refractivity contribution in [2.24, 2.45) is 5.92 Å². The summed E-state index contributed by atoms with van der Waals surface area (Å²) in [5.74, 6) is 0.758. The van der Waals surface area contributed by atoms with Gasteiger partial charge in [0, 0.05) is 5.25 Å². The van der Waals surface area contributed by atoms with Gasteiger partial charge in [0.1, 0.15) is 0 Å². The Kier molecular flexibility index (Phi) is 2.23. The SMILES string of the molecule is CC1=CCCC1C(C)S. The predicted octanol–water partition coefficient (Wildman–Crippen LogP) is 2.66. The van der Waals surface area contributed by atoms with Crippen LogP contribution in [0.1, 0.15) is 26.7 Å². The van der Waals surface area contributed by atoms with Crippen molar-refractivity contribution in [1.29, 1.82) is 0 Å². The van der Waals surface area contributed by atoms with Gasteiger partial charge in [0.15, 0.2) is 0 Å². The van der Waals surface area contributed by atoms with Gasteiger partial charge in [0.2, 0.25) is 0 Å². The zero-order valence-electron chi connectivity index (χ0n) is 6.09. The van der Waals surface area contributed by atoms with Crippen molar-refractivity contribution < 1.29 is 0 Å². The zero-order chi connectivity index (χ0) is 6.85. The van der Waals surface area contributed by atoms with E-state index in [0.717, 1.165) is 5.92 Å². The molecule has 0 saturated heterocycles. The van der Waals surface area contributed by atoms with E-state index in [0.29, 0.717) is 5.25 Å². The molecule has 1 heteroatoms. The first kappa shape index (κ1) is 7.20. The Labute approximate surface area is 62.8 Å². The van der Waals surface area contributed by atoms with Gasteiger partial charge in [-0.3, -0.25) is 0 Å². The third kappa shape index (κ3) is 1.51. The van der Waals surface area contributed by atoms with Crippen LogP contribution >= 0.6 is 12.6 Å². The van der Waals surface area contributed by atoms with Gasteiger partial charge in [0.25, 0.3) is 0 Å². The van der Waals surface area contributed by atoms with Crippen LogP contribution in [-0.2, 0) is 0 Å². The summed E-state index contributed by atoms with van der Waals surface area (Å²) in [7, 11) is 0. The summed E-state index contributed by atoms with van der Waals surface area (Å²) in [6.07, 6.45) is 4.91. The zero-order valence-corrected chi connectivity index (χ0v) is 6.99. The Bertz CT molecular complexity index is 125. The van der Waals surface area contributed by atoms with Gasteiger partial charge in [-0.25, -0.2) is 0 Å². The van der Waals surface area contributed by atoms with Crippen LogP contribution in [0.2, 0.25) is 0 Å². The highest BCUT2D eigenvalue weighted by Gasteiger charge is 2.18. The first-order valence-electron chi connectivity index (χ1n) is 3.56. The number of rotatable bonds is 1. The lowest BCUT2D eigenvalue weighted by atomic mass is 10.00. The maximum atomic E-state index is 4.41. The van der Waals surface area contributed by atoms with Crippen LogP contribution in [0.25, 0.3) is 0 Å². The van der Waals surface area contributed by atoms with Crippen LogP contribution in [0.15, 0.2) is 11.6 Å². The Balaban J connectivity index is 2.53. The summed E-state index contributed by atoms with van der Waals surface area (Å²) in [6.45, 7) is 4.39. The lowest BCUT2D eigenvalue weighted by Crippen LogP contribution is -2.08. The molecule has 52 valence electrons. The van der Waals surface area contributed by atoms with Gasteiger partial charge < -0.3 is 0 Å². The molecule has 0 aromatic carbocycles. The second kappa shape index (κ2) is 2.78. The Morgan fingerprint density at radius 2 is 2.44 bits per heavy atom. The van der Waals surface area contributed by atoms with E-state index in [1.165, 1.54) is 18.4 Å². The molecular formula is C8H14S. The summed E-state index contributed by atoms with van der Waals surface area (Å²) in [5, 5.41) is 0.545. The van der Waals surface area contributed by atoms with Crippen molar-refractivity contribution in [2.75, 3.05) is 0 Å². The van der Waals surface area contributed by atoms with Crippen molar-refractivity contribution >= 4 is 12.6 Å². The van der Waals surface area contributed by atoms with E-state index in [-0.39, 0.29) is 0 Å². The quantitative estimate of drug-likeness (QED) is 0.422. The molecule has 1 aliphatic carbocycles. The van der Waals surface area contributed by atoms with Crippen LogP contribution in [-0.4, -0.2) is 5.25 Å². The summed E-state index contributed by atoms with van der Waals surface area (Å²) >= 11 is 4.41. The van der Waals surface area contributed by atoms with E-state index in [2.05, 4.69) is 32.6 Å². The molecule has 0 aliphatic heterocycles. The molecule has 9 heavy (non-hydrogen) atoms. The molecule has 2 unspecified atom stereocenters. The molecule has 0 fully saturated rings. The molecule has 1 rings (SSSR count). The fourth-order valence-corrected chi connectivity index (χ4v) is 1.88. The average Bonchev–Trinajstić information content (AvgIpc) is 2.13. The molecule has 0 nitrogen and oxygen atoms in total. The van der Waals surface area contributed by atoms with E-state index >= 15 is 0 Å². The summed E-state index contributed by atoms with van der Waals surface area (Å²) in [5.41, 5.74) is 1.54. The predicted molar refractivity (Wildman–Crippen MR) is 44.9 cm³/mol. The Hall–Kier alpha value is 0.0900. The van der Waals surface area contributed by atoms with Crippen molar-refractivity contribution in [1.82, 2.24) is 0 Å². The van der Waals surface area contributed by atoms with Crippen LogP contribution in [0, 0.1) is 5.92 Å². The molecule has 0 N–H and O–H groups in total. The van der Waals surface area contributed by atoms with Crippen LogP contribution in [0.3, 0.4) is 0 Å². The van der Waals surface area contributed by atoms with Crippen molar-refractivity contribution in [3.63, 3.8) is 0 Å². The number of hydrogen-bond acceptors (Lipinski definition) is 1. The normalized spacial score (nSPS) is 30.1. The minimum Gasteiger partial charge on any atom is -0.176 e. The summed E-state index contributed by atoms with van der Waals surface area (Å²) < 4.78 is 0. The molecule has 1 aliphatic rings. The molecule has 0 aromatic heterocycles. The molecule has 0 aromatic rings. The van der Waals surface area contributed by atoms with Crippen LogP contribution in [0.4, 0.5) is 0 Å². The third-order valence-corrected chi connectivity index (χ3v) is 2.47. The maximum absolute atomic E-state index is 4.41. The van der Waals surface area contributed by atoms with Gasteiger partial charge >= 0.3 is 0 Å². The topological polar surface area (TPSA) is 0 Å². The first-order valence-corrected chi connectivity index (χ1v) is 4.08. The molecule has 0 spiro atoms. The van der Waals surface area contributed by atoms with Crippen molar-refractivity contribution in [2.45, 2.75) is 31.9 Å². The standard InChI is InChI=1S/C8H14S/c1-6-4-3-5-8(6)7(2)9/h4,7-9H,3,5H2,1-2H3. The minimum atomic E-state index is 0.545. The average molecular weight is 142 g/mol. The third-order valence-electron chi connectivity index (χ3n) is 2.11. The van der Waals surface area contributed by atoms with Crippen molar-refractivity contribution in [3.05, 3.63) is 11.6 Å². The van der Waals surface area contributed by atoms with Gasteiger partial charge in [-0.05, 0) is 25.7 Å². The Morgan fingerprint density at radius 1 is 1.78 bits per heavy atom. The highest BCUT2D eigenvalue weighted by atomic mass is 32.1. The Morgan fingerprint density at radius 3 is 2.67 bits per heavy atom. The van der Waals surface area contributed by atoms with E-state index in [1.54, 1.807) is 0 Å². The second-order valence-corrected chi connectivity index (χ2v) is 3.69. The second-order valence-electron chi connectivity index (χ2n) is 2.87. The fourth-order valence-electron chi connectivity index (χ4n) is 1.49. The monoisotopic (exact) mass is 142 g/mol. The van der Waals surface area contributed by atoms with Gasteiger partial charge in [0.05, 0.1) is 0 Å². The molecule has 0 radical (unpaired) electrons. The molecule has 2 atom stereocenters. The van der Waals surface area contributed by atoms with E-state index in [1.807, 2.05) is 0 Å². The van der Waals surface area contributed by atoms with E-state index in [4.69, 9.17) is 0 Å². The largest absolute Gasteiger partial charge is 0.176 e. The number of thiol groups is 1. The van der Waals surface area contributed by atoms with Gasteiger partial charge in [-0.2, -0.15) is 12.6 Å². The molecule has 0 bridgehead atoms. The van der Waals surface area contributed by atoms with E-state index < -0.39 is 0 Å². The van der Waals surface area contributed by atoms with Crippen LogP contribution < -0.4 is 0 Å². The van der Waals surface area contributed by atoms with E-state index in [9.17, 15) is 0 Å². The smallest absolute Gasteiger partial charge is 0.00539 e. The highest BCUT2D eigenvalue weighted by Crippen LogP contribution is 2.30. The van der Waals surface area contributed by atoms with Gasteiger partial charge in [-0.1, -0.05) is 18.6 Å². The molecule has 0 saturated carbocycles. The summed E-state index contributed by atoms with van der Waals surface area (Å²) in [4.78, 5) is 0. The highest BCUT2D eigenvalue weighted by molar-refractivity contribution is 7.80. The fraction of sp³-hybridized carbons (Fsp3) is 0.750. The molecular weight excluding hydrogens is 128 g/mol. The molecule has 0 heterocycles. The summed E-state index contributed by atoms with van der Waals surface area (Å²) in [6, 6.07) is 0. The minimum absolute atomic E-state index is 0.545. The van der Waals surface area contributed by atoms with Crippen LogP contribution in [0.5, 0.6) is 0 Å².